The molecule has 2 rings (SSSR count). The van der Waals surface area contributed by atoms with Gasteiger partial charge in [0.15, 0.2) is 0 Å². The molecular weight excluding hydrogens is 254 g/mol. The molecule has 1 saturated heterocycles. The number of amides is 1. The maximum absolute atomic E-state index is 12.2. The van der Waals surface area contributed by atoms with E-state index in [9.17, 15) is 4.79 Å². The number of anilines is 1. The number of carbonyl (C=O) groups is 1. The van der Waals surface area contributed by atoms with Crippen molar-refractivity contribution >= 4 is 11.6 Å². The van der Waals surface area contributed by atoms with Gasteiger partial charge in [-0.2, -0.15) is 0 Å². The van der Waals surface area contributed by atoms with Gasteiger partial charge >= 0.3 is 0 Å². The lowest BCUT2D eigenvalue weighted by Crippen LogP contribution is -2.58. The molecule has 1 aliphatic heterocycles. The number of likely N-dealkylation sites (N-methyl/N-ethyl adjacent to an activating group) is 1. The summed E-state index contributed by atoms with van der Waals surface area (Å²) in [6, 6.07) is 6.24. The summed E-state index contributed by atoms with van der Waals surface area (Å²) in [5.41, 5.74) is 1.83. The Bertz CT molecular complexity index is 472. The average Bonchev–Trinajstić information content (AvgIpc) is 2.36. The Balaban J connectivity index is 1.98. The van der Waals surface area contributed by atoms with Gasteiger partial charge in [-0.25, -0.2) is 0 Å². The van der Waals surface area contributed by atoms with Gasteiger partial charge in [0.25, 0.3) is 0 Å². The SMILES string of the molecule is CCN(CC(=O)Nc1cc(C)ccc1OC)C1CNC1. The zero-order chi connectivity index (χ0) is 14.5. The molecule has 110 valence electrons. The van der Waals surface area contributed by atoms with Crippen LogP contribution in [0.5, 0.6) is 5.75 Å². The molecule has 0 atom stereocenters. The van der Waals surface area contributed by atoms with Crippen LogP contribution in [-0.2, 0) is 4.79 Å². The van der Waals surface area contributed by atoms with E-state index in [0.717, 1.165) is 30.9 Å². The van der Waals surface area contributed by atoms with Crippen LogP contribution in [0.4, 0.5) is 5.69 Å². The van der Waals surface area contributed by atoms with Gasteiger partial charge in [0, 0.05) is 19.1 Å². The second-order valence-corrected chi connectivity index (χ2v) is 5.13. The van der Waals surface area contributed by atoms with E-state index >= 15 is 0 Å². The third kappa shape index (κ3) is 3.49. The van der Waals surface area contributed by atoms with E-state index in [-0.39, 0.29) is 5.91 Å². The van der Waals surface area contributed by atoms with Crippen LogP contribution in [0.2, 0.25) is 0 Å². The molecule has 1 aromatic rings. The van der Waals surface area contributed by atoms with Crippen molar-refractivity contribution in [1.82, 2.24) is 10.2 Å². The number of nitrogens with one attached hydrogen (secondary N) is 2. The molecule has 1 aromatic carbocycles. The molecule has 0 unspecified atom stereocenters. The number of ether oxygens (including phenoxy) is 1. The molecule has 0 bridgehead atoms. The highest BCUT2D eigenvalue weighted by molar-refractivity contribution is 5.93. The number of nitrogens with zero attached hydrogens (tertiary/aromatic N) is 1. The molecule has 1 aliphatic rings. The fraction of sp³-hybridized carbons (Fsp3) is 0.533. The average molecular weight is 277 g/mol. The van der Waals surface area contributed by atoms with Gasteiger partial charge in [0.05, 0.1) is 19.3 Å². The lowest BCUT2D eigenvalue weighted by atomic mass is 10.1. The predicted molar refractivity (Wildman–Crippen MR) is 80.3 cm³/mol. The fourth-order valence-electron chi connectivity index (χ4n) is 2.32. The topological polar surface area (TPSA) is 53.6 Å². The largest absolute Gasteiger partial charge is 0.495 e. The Kier molecular flexibility index (Phi) is 4.98. The Hall–Kier alpha value is -1.59. The lowest BCUT2D eigenvalue weighted by Gasteiger charge is -2.37. The van der Waals surface area contributed by atoms with Crippen molar-refractivity contribution < 1.29 is 9.53 Å². The van der Waals surface area contributed by atoms with E-state index in [1.54, 1.807) is 7.11 Å². The van der Waals surface area contributed by atoms with Gasteiger partial charge in [-0.05, 0) is 31.2 Å². The fourth-order valence-corrected chi connectivity index (χ4v) is 2.32. The Labute approximate surface area is 120 Å². The van der Waals surface area contributed by atoms with Gasteiger partial charge < -0.3 is 15.4 Å². The first kappa shape index (κ1) is 14.8. The summed E-state index contributed by atoms with van der Waals surface area (Å²) in [5.74, 6) is 0.694. The molecule has 0 radical (unpaired) electrons. The van der Waals surface area contributed by atoms with Crippen LogP contribution in [0.3, 0.4) is 0 Å². The van der Waals surface area contributed by atoms with Crippen LogP contribution in [0, 0.1) is 6.92 Å². The van der Waals surface area contributed by atoms with Crippen LogP contribution in [0.15, 0.2) is 18.2 Å². The second-order valence-electron chi connectivity index (χ2n) is 5.13. The summed E-state index contributed by atoms with van der Waals surface area (Å²) in [6.45, 7) is 7.31. The molecule has 1 fully saturated rings. The van der Waals surface area contributed by atoms with E-state index < -0.39 is 0 Å². The minimum absolute atomic E-state index is 0.00245. The number of rotatable bonds is 6. The van der Waals surface area contributed by atoms with E-state index in [1.807, 2.05) is 25.1 Å². The summed E-state index contributed by atoms with van der Waals surface area (Å²) in [4.78, 5) is 14.4. The minimum atomic E-state index is 0.00245. The van der Waals surface area contributed by atoms with Gasteiger partial charge in [0.1, 0.15) is 5.75 Å². The third-order valence-electron chi connectivity index (χ3n) is 3.66. The van der Waals surface area contributed by atoms with Crippen molar-refractivity contribution in [3.63, 3.8) is 0 Å². The van der Waals surface area contributed by atoms with Gasteiger partial charge in [-0.15, -0.1) is 0 Å². The van der Waals surface area contributed by atoms with E-state index in [4.69, 9.17) is 4.74 Å². The highest BCUT2D eigenvalue weighted by Crippen LogP contribution is 2.25. The van der Waals surface area contributed by atoms with Crippen molar-refractivity contribution in [3.8, 4) is 5.75 Å². The van der Waals surface area contributed by atoms with Crippen LogP contribution < -0.4 is 15.4 Å². The molecule has 0 aromatic heterocycles. The van der Waals surface area contributed by atoms with Crippen molar-refractivity contribution in [3.05, 3.63) is 23.8 Å². The smallest absolute Gasteiger partial charge is 0.238 e. The van der Waals surface area contributed by atoms with E-state index in [0.29, 0.717) is 18.3 Å². The Morgan fingerprint density at radius 3 is 2.80 bits per heavy atom. The van der Waals surface area contributed by atoms with Crippen LogP contribution in [-0.4, -0.2) is 50.1 Å². The maximum Gasteiger partial charge on any atom is 0.238 e. The normalized spacial score (nSPS) is 15.0. The molecule has 20 heavy (non-hydrogen) atoms. The molecule has 0 saturated carbocycles. The Morgan fingerprint density at radius 2 is 2.25 bits per heavy atom. The monoisotopic (exact) mass is 277 g/mol. The predicted octanol–water partition coefficient (Wildman–Crippen LogP) is 1.24. The number of hydrogen-bond acceptors (Lipinski definition) is 4. The van der Waals surface area contributed by atoms with E-state index in [2.05, 4.69) is 22.5 Å². The molecular formula is C15H23N3O2. The minimum Gasteiger partial charge on any atom is -0.495 e. The summed E-state index contributed by atoms with van der Waals surface area (Å²) in [6.07, 6.45) is 0. The zero-order valence-electron chi connectivity index (χ0n) is 12.4. The number of aryl methyl sites for hydroxylation is 1. The van der Waals surface area contributed by atoms with Gasteiger partial charge in [0.2, 0.25) is 5.91 Å². The first-order chi connectivity index (χ1) is 9.63. The first-order valence-corrected chi connectivity index (χ1v) is 7.03. The number of hydrogen-bond donors (Lipinski definition) is 2. The molecule has 1 heterocycles. The summed E-state index contributed by atoms with van der Waals surface area (Å²) in [7, 11) is 1.61. The highest BCUT2D eigenvalue weighted by atomic mass is 16.5. The van der Waals surface area contributed by atoms with E-state index in [1.165, 1.54) is 0 Å². The van der Waals surface area contributed by atoms with Gasteiger partial charge in [-0.3, -0.25) is 9.69 Å². The van der Waals surface area contributed by atoms with Crippen molar-refractivity contribution in [2.24, 2.45) is 0 Å². The lowest BCUT2D eigenvalue weighted by molar-refractivity contribution is -0.118. The van der Waals surface area contributed by atoms with Crippen molar-refractivity contribution in [2.45, 2.75) is 19.9 Å². The first-order valence-electron chi connectivity index (χ1n) is 7.03. The molecule has 5 heteroatoms. The van der Waals surface area contributed by atoms with Crippen LogP contribution in [0.25, 0.3) is 0 Å². The van der Waals surface area contributed by atoms with Gasteiger partial charge in [-0.1, -0.05) is 13.0 Å². The number of methoxy groups -OCH3 is 1. The van der Waals surface area contributed by atoms with Crippen LogP contribution in [0.1, 0.15) is 12.5 Å². The Morgan fingerprint density at radius 1 is 1.50 bits per heavy atom. The molecule has 2 N–H and O–H groups in total. The molecule has 5 nitrogen and oxygen atoms in total. The quantitative estimate of drug-likeness (QED) is 0.821. The number of benzene rings is 1. The molecule has 0 spiro atoms. The van der Waals surface area contributed by atoms with Crippen LogP contribution >= 0.6 is 0 Å². The molecule has 0 aliphatic carbocycles. The second kappa shape index (κ2) is 6.72. The molecule has 1 amide bonds. The maximum atomic E-state index is 12.2. The van der Waals surface area contributed by atoms with Crippen molar-refractivity contribution in [1.29, 1.82) is 0 Å². The van der Waals surface area contributed by atoms with Crippen molar-refractivity contribution in [2.75, 3.05) is 38.6 Å². The summed E-state index contributed by atoms with van der Waals surface area (Å²) in [5, 5.41) is 6.18. The highest BCUT2D eigenvalue weighted by Gasteiger charge is 2.25. The summed E-state index contributed by atoms with van der Waals surface area (Å²) < 4.78 is 5.27. The number of carbonyl (C=O) groups excluding carboxylic acids is 1. The zero-order valence-corrected chi connectivity index (χ0v) is 12.4. The standard InChI is InChI=1S/C15H23N3O2/c1-4-18(12-8-16-9-12)10-15(19)17-13-7-11(2)5-6-14(13)20-3/h5-7,12,16H,4,8-10H2,1-3H3,(H,17,19). The summed E-state index contributed by atoms with van der Waals surface area (Å²) >= 11 is 0. The third-order valence-corrected chi connectivity index (χ3v) is 3.66.